The molecule has 0 spiro atoms. The number of rotatable bonds is 10. The number of aromatic nitrogens is 2. The largest absolute Gasteiger partial charge is 0.394 e. The van der Waals surface area contributed by atoms with Crippen LogP contribution in [0.25, 0.3) is 0 Å². The van der Waals surface area contributed by atoms with E-state index in [1.54, 1.807) is 0 Å². The highest BCUT2D eigenvalue weighted by Crippen LogP contribution is 2.23. The summed E-state index contributed by atoms with van der Waals surface area (Å²) in [6, 6.07) is 3.38. The van der Waals surface area contributed by atoms with Crippen LogP contribution < -0.4 is 10.0 Å². The number of aliphatic hydroxyl groups excluding tert-OH is 2. The van der Waals surface area contributed by atoms with E-state index in [9.17, 15) is 30.7 Å². The van der Waals surface area contributed by atoms with Crippen LogP contribution in [-0.2, 0) is 25.8 Å². The van der Waals surface area contributed by atoms with E-state index in [1.165, 1.54) is 6.92 Å². The van der Waals surface area contributed by atoms with E-state index in [1.807, 2.05) is 0 Å². The molecule has 33 heavy (non-hydrogen) atoms. The van der Waals surface area contributed by atoms with Crippen molar-refractivity contribution in [1.29, 1.82) is 0 Å². The van der Waals surface area contributed by atoms with Gasteiger partial charge in [0.15, 0.2) is 11.6 Å². The summed E-state index contributed by atoms with van der Waals surface area (Å²) in [5, 5.41) is 20.7. The fraction of sp³-hybridized carbons (Fsp3) is 0.444. The Balaban J connectivity index is 1.99. The van der Waals surface area contributed by atoms with E-state index in [2.05, 4.69) is 20.0 Å². The van der Waals surface area contributed by atoms with E-state index in [0.717, 1.165) is 28.6 Å². The second kappa shape index (κ2) is 9.80. The number of hydrogen-bond donors (Lipinski definition) is 4. The number of halogens is 2. The van der Waals surface area contributed by atoms with Gasteiger partial charge in [-0.15, -0.1) is 0 Å². The average molecular weight is 508 g/mol. The Hall–Kier alpha value is -2.46. The number of anilines is 2. The molecule has 2 heterocycles. The first kappa shape index (κ1) is 25.2. The number of benzene rings is 1. The van der Waals surface area contributed by atoms with Gasteiger partial charge >= 0.3 is 10.2 Å². The van der Waals surface area contributed by atoms with Crippen LogP contribution in [0.5, 0.6) is 0 Å². The second-order valence-electron chi connectivity index (χ2n) is 7.44. The van der Waals surface area contributed by atoms with Gasteiger partial charge in [0.25, 0.3) is 5.16 Å². The Labute approximate surface area is 189 Å². The molecule has 2 atom stereocenters. The zero-order chi connectivity index (χ0) is 24.4. The Bertz CT molecular complexity index is 1220. The van der Waals surface area contributed by atoms with Crippen molar-refractivity contribution in [2.45, 2.75) is 36.4 Å². The van der Waals surface area contributed by atoms with Crippen molar-refractivity contribution in [1.82, 2.24) is 14.3 Å². The van der Waals surface area contributed by atoms with E-state index in [0.29, 0.717) is 6.42 Å². The monoisotopic (exact) mass is 507 g/mol. The van der Waals surface area contributed by atoms with Gasteiger partial charge in [-0.2, -0.15) is 17.7 Å². The lowest BCUT2D eigenvalue weighted by Gasteiger charge is -2.29. The summed E-state index contributed by atoms with van der Waals surface area (Å²) in [4.78, 5) is 7.62. The predicted octanol–water partition coefficient (Wildman–Crippen LogP) is 0.245. The fourth-order valence-electron chi connectivity index (χ4n) is 2.83. The maximum atomic E-state index is 14.0. The van der Waals surface area contributed by atoms with Crippen molar-refractivity contribution in [2.24, 2.45) is 0 Å². The number of hydrogen-bond acceptors (Lipinski definition) is 9. The molecule has 182 valence electrons. The molecule has 11 nitrogen and oxygen atoms in total. The highest BCUT2D eigenvalue weighted by Gasteiger charge is 2.30. The molecule has 1 aliphatic rings. The molecule has 0 radical (unpaired) electrons. The van der Waals surface area contributed by atoms with E-state index in [-0.39, 0.29) is 24.7 Å². The maximum Gasteiger partial charge on any atom is 0.302 e. The van der Waals surface area contributed by atoms with Gasteiger partial charge < -0.3 is 15.5 Å². The van der Waals surface area contributed by atoms with E-state index >= 15 is 0 Å². The van der Waals surface area contributed by atoms with Gasteiger partial charge in [0, 0.05) is 24.7 Å². The molecule has 0 aliphatic carbocycles. The highest BCUT2D eigenvalue weighted by atomic mass is 32.2. The fourth-order valence-corrected chi connectivity index (χ4v) is 5.30. The van der Waals surface area contributed by atoms with Crippen LogP contribution in [0.1, 0.15) is 18.9 Å². The Morgan fingerprint density at radius 1 is 1.15 bits per heavy atom. The van der Waals surface area contributed by atoms with Crippen molar-refractivity contribution in [2.75, 3.05) is 29.7 Å². The van der Waals surface area contributed by atoms with Crippen molar-refractivity contribution in [3.8, 4) is 0 Å². The summed E-state index contributed by atoms with van der Waals surface area (Å²) >= 11 is 0. The molecular formula is C18H23F2N5O6S2. The Morgan fingerprint density at radius 2 is 1.82 bits per heavy atom. The lowest BCUT2D eigenvalue weighted by molar-refractivity contribution is 0.0837. The van der Waals surface area contributed by atoms with Crippen LogP contribution in [0, 0.1) is 11.6 Å². The van der Waals surface area contributed by atoms with Crippen molar-refractivity contribution in [3.63, 3.8) is 0 Å². The third-order valence-electron chi connectivity index (χ3n) is 4.89. The zero-order valence-electron chi connectivity index (χ0n) is 17.4. The molecule has 1 aromatic heterocycles. The molecule has 4 N–H and O–H groups in total. The summed E-state index contributed by atoms with van der Waals surface area (Å²) in [5.41, 5.74) is -0.455. The Morgan fingerprint density at radius 3 is 2.42 bits per heavy atom. The Kier molecular flexibility index (Phi) is 7.48. The molecule has 1 aromatic carbocycles. The van der Waals surface area contributed by atoms with Gasteiger partial charge in [0.1, 0.15) is 11.6 Å². The summed E-state index contributed by atoms with van der Waals surface area (Å²) in [7, 11) is -8.46. The van der Waals surface area contributed by atoms with E-state index in [4.69, 9.17) is 5.11 Å². The SMILES string of the molecule is CC(Nc1cc(NS(=O)(=O)N2CCC2)nc(S(=O)(=O)Cc2cccc(F)c2F)n1)C(O)CO. The summed E-state index contributed by atoms with van der Waals surface area (Å²) in [6.07, 6.45) is -0.560. The highest BCUT2D eigenvalue weighted by molar-refractivity contribution is 7.90. The molecule has 0 bridgehead atoms. The molecule has 2 unspecified atom stereocenters. The minimum absolute atomic E-state index is 0.176. The van der Waals surface area contributed by atoms with Crippen molar-refractivity contribution >= 4 is 31.7 Å². The number of nitrogens with one attached hydrogen (secondary N) is 2. The lowest BCUT2D eigenvalue weighted by Crippen LogP contribution is -2.45. The molecule has 3 rings (SSSR count). The minimum atomic E-state index is -4.46. The maximum absolute atomic E-state index is 14.0. The summed E-state index contributed by atoms with van der Waals surface area (Å²) in [5.74, 6) is -4.11. The van der Waals surface area contributed by atoms with E-state index < -0.39 is 66.9 Å². The van der Waals surface area contributed by atoms with Crippen LogP contribution in [-0.4, -0.2) is 73.2 Å². The predicted molar refractivity (Wildman–Crippen MR) is 114 cm³/mol. The average Bonchev–Trinajstić information content (AvgIpc) is 2.68. The minimum Gasteiger partial charge on any atom is -0.394 e. The smallest absolute Gasteiger partial charge is 0.302 e. The third kappa shape index (κ3) is 5.92. The van der Waals surface area contributed by atoms with Gasteiger partial charge in [-0.3, -0.25) is 4.72 Å². The summed E-state index contributed by atoms with van der Waals surface area (Å²) in [6.45, 7) is 1.45. The van der Waals surface area contributed by atoms with Crippen LogP contribution in [0.3, 0.4) is 0 Å². The molecule has 0 amide bonds. The quantitative estimate of drug-likeness (QED) is 0.330. The standard InChI is InChI=1S/C18H23F2N5O6S2/c1-11(14(27)9-26)21-15-8-16(24-33(30,31)25-6-3-7-25)23-18(22-15)32(28,29)10-12-4-2-5-13(19)17(12)20/h2,4-5,8,11,14,26-27H,3,6-7,9-10H2,1H3,(H2,21,22,23,24). The lowest BCUT2D eigenvalue weighted by atomic mass is 10.2. The molecule has 2 aromatic rings. The summed E-state index contributed by atoms with van der Waals surface area (Å²) < 4.78 is 81.5. The molecule has 1 aliphatic heterocycles. The van der Waals surface area contributed by atoms with Crippen LogP contribution in [0.4, 0.5) is 20.4 Å². The number of sulfone groups is 1. The van der Waals surface area contributed by atoms with Gasteiger partial charge in [0.2, 0.25) is 9.84 Å². The normalized spacial score (nSPS) is 16.6. The molecule has 15 heteroatoms. The molecule has 1 fully saturated rings. The van der Waals surface area contributed by atoms with Gasteiger partial charge in [-0.25, -0.2) is 22.2 Å². The molecular weight excluding hydrogens is 484 g/mol. The van der Waals surface area contributed by atoms with Crippen molar-refractivity contribution < 1.29 is 35.8 Å². The topological polar surface area (TPSA) is 162 Å². The van der Waals surface area contributed by atoms with Gasteiger partial charge in [0.05, 0.1) is 24.5 Å². The van der Waals surface area contributed by atoms with Crippen molar-refractivity contribution in [3.05, 3.63) is 41.5 Å². The first-order chi connectivity index (χ1) is 15.4. The number of aliphatic hydroxyl groups is 2. The number of nitrogens with zero attached hydrogens (tertiary/aromatic N) is 3. The van der Waals surface area contributed by atoms with Crippen LogP contribution in [0.2, 0.25) is 0 Å². The first-order valence-electron chi connectivity index (χ1n) is 9.81. The van der Waals surface area contributed by atoms with Gasteiger partial charge in [-0.1, -0.05) is 12.1 Å². The van der Waals surface area contributed by atoms with Crippen LogP contribution in [0.15, 0.2) is 29.4 Å². The molecule has 1 saturated heterocycles. The third-order valence-corrected chi connectivity index (χ3v) is 7.83. The molecule has 0 saturated carbocycles. The first-order valence-corrected chi connectivity index (χ1v) is 12.9. The zero-order valence-corrected chi connectivity index (χ0v) is 19.1. The second-order valence-corrected chi connectivity index (χ2v) is 11.0. The van der Waals surface area contributed by atoms with Gasteiger partial charge in [-0.05, 0) is 19.4 Å². The van der Waals surface area contributed by atoms with Crippen LogP contribution >= 0.6 is 0 Å².